The highest BCUT2D eigenvalue weighted by Gasteiger charge is 2.26. The zero-order chi connectivity index (χ0) is 16.7. The summed E-state index contributed by atoms with van der Waals surface area (Å²) in [5, 5.41) is 3.36. The summed E-state index contributed by atoms with van der Waals surface area (Å²) in [4.78, 5) is 27.0. The Morgan fingerprint density at radius 3 is 2.04 bits per heavy atom. The van der Waals surface area contributed by atoms with Crippen LogP contribution in [0.3, 0.4) is 0 Å². The molecule has 0 aromatic heterocycles. The minimum absolute atomic E-state index is 0.281. The van der Waals surface area contributed by atoms with E-state index in [1.165, 1.54) is 38.5 Å². The molecule has 2 fully saturated rings. The minimum atomic E-state index is -0.583. The van der Waals surface area contributed by atoms with Crippen LogP contribution in [0, 0.1) is 5.41 Å². The topological polar surface area (TPSA) is 59.9 Å². The minimum Gasteiger partial charge on any atom is -0.334 e. The van der Waals surface area contributed by atoms with Gasteiger partial charge in [-0.25, -0.2) is 19.6 Å². The van der Waals surface area contributed by atoms with Crippen molar-refractivity contribution in [2.75, 3.05) is 0 Å². The van der Waals surface area contributed by atoms with Gasteiger partial charge in [0.05, 0.1) is 11.5 Å². The fourth-order valence-corrected chi connectivity index (χ4v) is 3.08. The molecule has 2 aliphatic carbocycles. The molecule has 0 saturated heterocycles. The van der Waals surface area contributed by atoms with E-state index in [0.29, 0.717) is 12.1 Å². The Hall–Kier alpha value is -1.26. The van der Waals surface area contributed by atoms with Gasteiger partial charge in [-0.2, -0.15) is 0 Å². The van der Waals surface area contributed by atoms with E-state index in [9.17, 15) is 4.79 Å². The summed E-state index contributed by atoms with van der Waals surface area (Å²) in [7, 11) is 0. The van der Waals surface area contributed by atoms with E-state index in [1.54, 1.807) is 0 Å². The van der Waals surface area contributed by atoms with Gasteiger partial charge in [-0.05, 0) is 46.5 Å². The highest BCUT2D eigenvalue weighted by molar-refractivity contribution is 5.78. The Morgan fingerprint density at radius 1 is 0.913 bits per heavy atom. The van der Waals surface area contributed by atoms with Crippen molar-refractivity contribution >= 4 is 12.0 Å². The first-order valence-electron chi connectivity index (χ1n) is 9.18. The van der Waals surface area contributed by atoms with Gasteiger partial charge in [-0.1, -0.05) is 38.5 Å². The van der Waals surface area contributed by atoms with Crippen molar-refractivity contribution in [2.24, 2.45) is 10.4 Å². The summed E-state index contributed by atoms with van der Waals surface area (Å²) in [6, 6.07) is 1.05. The lowest BCUT2D eigenvalue weighted by Gasteiger charge is -2.25. The van der Waals surface area contributed by atoms with Gasteiger partial charge in [-0.15, -0.1) is 0 Å². The quantitative estimate of drug-likeness (QED) is 0.359. The number of rotatable bonds is 2. The number of aliphatic imine (C=N–C) groups is 1. The molecule has 23 heavy (non-hydrogen) atoms. The predicted octanol–water partition coefficient (Wildman–Crippen LogP) is 4.12. The van der Waals surface area contributed by atoms with E-state index in [2.05, 4.69) is 10.3 Å². The molecule has 1 N–H and O–H groups in total. The Balaban J connectivity index is 1.94. The van der Waals surface area contributed by atoms with Crippen molar-refractivity contribution in [3.8, 4) is 0 Å². The molecule has 132 valence electrons. The SMILES string of the molecule is CC(C)(C)C(=O)OOC(=NC1CCCCC1)NC1CCCCC1. The van der Waals surface area contributed by atoms with Gasteiger partial charge in [0.15, 0.2) is 0 Å². The largest absolute Gasteiger partial charge is 0.360 e. The molecule has 0 spiro atoms. The lowest BCUT2D eigenvalue weighted by atomic mass is 9.95. The molecular formula is C18H32N2O3. The van der Waals surface area contributed by atoms with Crippen molar-refractivity contribution in [1.29, 1.82) is 0 Å². The fourth-order valence-electron chi connectivity index (χ4n) is 3.08. The van der Waals surface area contributed by atoms with Gasteiger partial charge in [0.2, 0.25) is 0 Å². The van der Waals surface area contributed by atoms with E-state index in [0.717, 1.165) is 25.7 Å². The van der Waals surface area contributed by atoms with Crippen molar-refractivity contribution in [3.63, 3.8) is 0 Å². The van der Waals surface area contributed by atoms with Gasteiger partial charge in [0, 0.05) is 6.04 Å². The monoisotopic (exact) mass is 324 g/mol. The third-order valence-corrected chi connectivity index (χ3v) is 4.62. The molecular weight excluding hydrogens is 292 g/mol. The normalized spacial score (nSPS) is 21.8. The van der Waals surface area contributed by atoms with Crippen LogP contribution in [0.4, 0.5) is 0 Å². The second-order valence-corrected chi connectivity index (χ2v) is 7.91. The second kappa shape index (κ2) is 8.55. The number of amidine groups is 1. The first-order chi connectivity index (χ1) is 10.9. The molecule has 0 bridgehead atoms. The number of hydrogen-bond donors (Lipinski definition) is 1. The summed E-state index contributed by atoms with van der Waals surface area (Å²) in [6.45, 7) is 5.43. The Morgan fingerprint density at radius 2 is 1.48 bits per heavy atom. The molecule has 0 heterocycles. The third kappa shape index (κ3) is 6.40. The predicted molar refractivity (Wildman–Crippen MR) is 90.9 cm³/mol. The highest BCUT2D eigenvalue weighted by atomic mass is 17.2. The van der Waals surface area contributed by atoms with Crippen molar-refractivity contribution < 1.29 is 14.6 Å². The maximum Gasteiger partial charge on any atom is 0.360 e. The van der Waals surface area contributed by atoms with Crippen molar-refractivity contribution in [2.45, 2.75) is 97.1 Å². The van der Waals surface area contributed by atoms with Crippen LogP contribution < -0.4 is 5.32 Å². The zero-order valence-electron chi connectivity index (χ0n) is 14.9. The smallest absolute Gasteiger partial charge is 0.334 e. The van der Waals surface area contributed by atoms with Crippen molar-refractivity contribution in [3.05, 3.63) is 0 Å². The van der Waals surface area contributed by atoms with Gasteiger partial charge in [0.1, 0.15) is 0 Å². The van der Waals surface area contributed by atoms with Crippen LogP contribution in [0.5, 0.6) is 0 Å². The van der Waals surface area contributed by atoms with Crippen LogP contribution in [-0.4, -0.2) is 24.1 Å². The summed E-state index contributed by atoms with van der Waals surface area (Å²) in [5.41, 5.74) is -0.583. The summed E-state index contributed by atoms with van der Waals surface area (Å²) in [6.07, 6.45) is 11.9. The van der Waals surface area contributed by atoms with Crippen LogP contribution in [0.15, 0.2) is 4.99 Å². The Labute approximate surface area is 140 Å². The lowest BCUT2D eigenvalue weighted by molar-refractivity contribution is -0.233. The average molecular weight is 324 g/mol. The van der Waals surface area contributed by atoms with Crippen LogP contribution in [0.25, 0.3) is 0 Å². The summed E-state index contributed by atoms with van der Waals surface area (Å²) in [5.74, 6) is -0.376. The molecule has 0 amide bonds. The molecule has 2 aliphatic rings. The van der Waals surface area contributed by atoms with Crippen LogP contribution in [0.1, 0.15) is 85.0 Å². The van der Waals surface area contributed by atoms with Gasteiger partial charge in [-0.3, -0.25) is 0 Å². The number of nitrogens with one attached hydrogen (secondary N) is 1. The van der Waals surface area contributed by atoms with Crippen LogP contribution >= 0.6 is 0 Å². The van der Waals surface area contributed by atoms with Gasteiger partial charge in [0.25, 0.3) is 0 Å². The maximum absolute atomic E-state index is 11.9. The summed E-state index contributed by atoms with van der Waals surface area (Å²) < 4.78 is 0. The van der Waals surface area contributed by atoms with E-state index < -0.39 is 5.41 Å². The number of hydrogen-bond acceptors (Lipinski definition) is 4. The fraction of sp³-hybridized carbons (Fsp3) is 0.889. The van der Waals surface area contributed by atoms with Crippen LogP contribution in [0.2, 0.25) is 0 Å². The highest BCUT2D eigenvalue weighted by Crippen LogP contribution is 2.22. The number of carbonyl (C=O) groups excluding carboxylic acids is 1. The standard InChI is InChI=1S/C18H32N2O3/c1-18(2,3)16(21)22-23-17(19-14-10-6-4-7-11-14)20-15-12-8-5-9-13-15/h14-15H,4-13H2,1-3H3,(H,19,20). The van der Waals surface area contributed by atoms with Crippen LogP contribution in [-0.2, 0) is 14.6 Å². The lowest BCUT2D eigenvalue weighted by Crippen LogP contribution is -2.39. The molecule has 0 aromatic rings. The van der Waals surface area contributed by atoms with E-state index in [4.69, 9.17) is 9.78 Å². The Bertz CT molecular complexity index is 403. The number of carbonyl (C=O) groups is 1. The van der Waals surface area contributed by atoms with E-state index in [1.807, 2.05) is 20.8 Å². The van der Waals surface area contributed by atoms with E-state index in [-0.39, 0.29) is 12.0 Å². The maximum atomic E-state index is 11.9. The first-order valence-corrected chi connectivity index (χ1v) is 9.18. The molecule has 0 aliphatic heterocycles. The zero-order valence-corrected chi connectivity index (χ0v) is 14.9. The average Bonchev–Trinajstić information content (AvgIpc) is 2.53. The molecule has 0 radical (unpaired) electrons. The molecule has 2 saturated carbocycles. The first kappa shape index (κ1) is 18.1. The summed E-state index contributed by atoms with van der Waals surface area (Å²) >= 11 is 0. The molecule has 0 atom stereocenters. The van der Waals surface area contributed by atoms with Gasteiger partial charge < -0.3 is 5.32 Å². The second-order valence-electron chi connectivity index (χ2n) is 7.91. The molecule has 0 aromatic carbocycles. The molecule has 0 unspecified atom stereocenters. The third-order valence-electron chi connectivity index (χ3n) is 4.62. The van der Waals surface area contributed by atoms with Gasteiger partial charge >= 0.3 is 12.0 Å². The van der Waals surface area contributed by atoms with E-state index >= 15 is 0 Å². The van der Waals surface area contributed by atoms with Crippen molar-refractivity contribution in [1.82, 2.24) is 5.32 Å². The molecule has 2 rings (SSSR count). The number of nitrogens with zero attached hydrogens (tertiary/aromatic N) is 1. The molecule has 5 nitrogen and oxygen atoms in total. The molecule has 5 heteroatoms. The Kier molecular flexibility index (Phi) is 6.72.